The van der Waals surface area contributed by atoms with Crippen molar-refractivity contribution < 1.29 is 27.9 Å². The Bertz CT molecular complexity index is 1210. The molecule has 8 nitrogen and oxygen atoms in total. The number of sulfonamides is 1. The van der Waals surface area contributed by atoms with Crippen LogP contribution >= 0.6 is 0 Å². The Labute approximate surface area is 161 Å². The van der Waals surface area contributed by atoms with Crippen molar-refractivity contribution in [1.82, 2.24) is 4.40 Å². The third-order valence-corrected chi connectivity index (χ3v) is 4.87. The molecule has 0 atom stereocenters. The van der Waals surface area contributed by atoms with Crippen molar-refractivity contribution in [2.45, 2.75) is 6.92 Å². The lowest BCUT2D eigenvalue weighted by atomic mass is 10.0. The maximum Gasteiger partial charge on any atom is 0.338 e. The zero-order valence-corrected chi connectivity index (χ0v) is 16.2. The summed E-state index contributed by atoms with van der Waals surface area (Å²) in [5.74, 6) is -1.35. The van der Waals surface area contributed by atoms with E-state index in [9.17, 15) is 23.1 Å². The van der Waals surface area contributed by atoms with E-state index in [1.54, 1.807) is 31.3 Å². The first kappa shape index (κ1) is 19.4. The van der Waals surface area contributed by atoms with Crippen molar-refractivity contribution in [2.75, 3.05) is 18.1 Å². The molecule has 2 heterocycles. The molecule has 0 spiro atoms. The number of rotatable bonds is 6. The molecule has 3 rings (SSSR count). The van der Waals surface area contributed by atoms with Crippen LogP contribution in [0.5, 0.6) is 5.75 Å². The number of fused-ring (bicyclic) bond motifs is 1. The standard InChI is InChI=1S/C19H18N2O6S/c1-11-16(19(23)24)14-6-4-5-9-21(14)17(11)18(22)12-7-8-13(15(10-12)27-2)20-28(3,25)26/h4-10,20H,1-3H3,(H,23,24). The van der Waals surface area contributed by atoms with Crippen LogP contribution in [0.1, 0.15) is 32.0 Å². The van der Waals surface area contributed by atoms with Crippen molar-refractivity contribution in [1.29, 1.82) is 0 Å². The van der Waals surface area contributed by atoms with E-state index in [0.717, 1.165) is 6.26 Å². The smallest absolute Gasteiger partial charge is 0.338 e. The summed E-state index contributed by atoms with van der Waals surface area (Å²) in [7, 11) is -2.16. The molecule has 28 heavy (non-hydrogen) atoms. The maximum absolute atomic E-state index is 13.2. The molecule has 2 N–H and O–H groups in total. The van der Waals surface area contributed by atoms with E-state index in [4.69, 9.17) is 4.74 Å². The van der Waals surface area contributed by atoms with Crippen molar-refractivity contribution in [2.24, 2.45) is 0 Å². The van der Waals surface area contributed by atoms with E-state index in [-0.39, 0.29) is 28.3 Å². The van der Waals surface area contributed by atoms with Gasteiger partial charge in [0.05, 0.1) is 35.8 Å². The van der Waals surface area contributed by atoms with Gasteiger partial charge >= 0.3 is 5.97 Å². The number of pyridine rings is 1. The van der Waals surface area contributed by atoms with Gasteiger partial charge in [0.1, 0.15) is 5.75 Å². The summed E-state index contributed by atoms with van der Waals surface area (Å²) in [6, 6.07) is 9.33. The Balaban J connectivity index is 2.16. The lowest BCUT2D eigenvalue weighted by Crippen LogP contribution is -2.12. The van der Waals surface area contributed by atoms with Gasteiger partial charge in [0.25, 0.3) is 0 Å². The molecule has 0 unspecified atom stereocenters. The molecule has 0 radical (unpaired) electrons. The van der Waals surface area contributed by atoms with Crippen LogP contribution in [0.2, 0.25) is 0 Å². The van der Waals surface area contributed by atoms with Gasteiger partial charge in [-0.2, -0.15) is 0 Å². The molecule has 2 aromatic heterocycles. The molecule has 0 saturated heterocycles. The second kappa shape index (κ2) is 7.01. The fourth-order valence-corrected chi connectivity index (χ4v) is 3.70. The lowest BCUT2D eigenvalue weighted by molar-refractivity contribution is 0.0698. The summed E-state index contributed by atoms with van der Waals surface area (Å²) >= 11 is 0. The summed E-state index contributed by atoms with van der Waals surface area (Å²) in [6.07, 6.45) is 2.63. The first-order valence-corrected chi connectivity index (χ1v) is 10.1. The van der Waals surface area contributed by atoms with Crippen LogP contribution in [-0.2, 0) is 10.0 Å². The monoisotopic (exact) mass is 402 g/mol. The average molecular weight is 402 g/mol. The van der Waals surface area contributed by atoms with Gasteiger partial charge in [-0.1, -0.05) is 6.07 Å². The van der Waals surface area contributed by atoms with Gasteiger partial charge in [-0.05, 0) is 42.8 Å². The van der Waals surface area contributed by atoms with E-state index in [1.165, 1.54) is 29.7 Å². The second-order valence-electron chi connectivity index (χ2n) is 6.23. The summed E-state index contributed by atoms with van der Waals surface area (Å²) < 4.78 is 32.0. The minimum atomic E-state index is -3.52. The van der Waals surface area contributed by atoms with Crippen LogP contribution < -0.4 is 9.46 Å². The first-order valence-electron chi connectivity index (χ1n) is 8.17. The molecule has 0 bridgehead atoms. The predicted octanol–water partition coefficient (Wildman–Crippen LogP) is 2.56. The van der Waals surface area contributed by atoms with E-state index in [1.807, 2.05) is 0 Å². The number of hydrogen-bond donors (Lipinski definition) is 2. The Hall–Kier alpha value is -3.33. The number of ether oxygens (including phenoxy) is 1. The molecule has 0 saturated carbocycles. The zero-order valence-electron chi connectivity index (χ0n) is 15.4. The Morgan fingerprint density at radius 3 is 2.50 bits per heavy atom. The van der Waals surface area contributed by atoms with Crippen LogP contribution in [0.15, 0.2) is 42.6 Å². The summed E-state index contributed by atoms with van der Waals surface area (Å²) in [4.78, 5) is 24.9. The molecule has 0 amide bonds. The van der Waals surface area contributed by atoms with E-state index in [0.29, 0.717) is 11.1 Å². The molecule has 1 aromatic carbocycles. The van der Waals surface area contributed by atoms with Gasteiger partial charge in [-0.15, -0.1) is 0 Å². The van der Waals surface area contributed by atoms with Gasteiger partial charge in [0.15, 0.2) is 0 Å². The number of carbonyl (C=O) groups excluding carboxylic acids is 1. The number of methoxy groups -OCH3 is 1. The highest BCUT2D eigenvalue weighted by Gasteiger charge is 2.25. The highest BCUT2D eigenvalue weighted by atomic mass is 32.2. The van der Waals surface area contributed by atoms with Gasteiger partial charge in [0, 0.05) is 11.8 Å². The molecule has 146 valence electrons. The number of carbonyl (C=O) groups is 2. The van der Waals surface area contributed by atoms with Crippen molar-refractivity contribution in [3.8, 4) is 5.75 Å². The highest BCUT2D eigenvalue weighted by molar-refractivity contribution is 7.92. The molecule has 0 aliphatic heterocycles. The molecule has 0 fully saturated rings. The third-order valence-electron chi connectivity index (χ3n) is 4.28. The summed E-state index contributed by atoms with van der Waals surface area (Å²) in [5.41, 5.74) is 1.48. The Kier molecular flexibility index (Phi) is 4.86. The predicted molar refractivity (Wildman–Crippen MR) is 104 cm³/mol. The zero-order chi connectivity index (χ0) is 20.6. The van der Waals surface area contributed by atoms with Crippen LogP contribution in [0, 0.1) is 6.92 Å². The number of nitrogens with one attached hydrogen (secondary N) is 1. The highest BCUT2D eigenvalue weighted by Crippen LogP contribution is 2.30. The average Bonchev–Trinajstić information content (AvgIpc) is 2.92. The van der Waals surface area contributed by atoms with Gasteiger partial charge in [-0.25, -0.2) is 13.2 Å². The summed E-state index contributed by atoms with van der Waals surface area (Å²) in [6.45, 7) is 1.58. The Morgan fingerprint density at radius 2 is 1.89 bits per heavy atom. The minimum Gasteiger partial charge on any atom is -0.495 e. The fraction of sp³-hybridized carbons (Fsp3) is 0.158. The largest absolute Gasteiger partial charge is 0.495 e. The number of aromatic carboxylic acids is 1. The van der Waals surface area contributed by atoms with Crippen molar-refractivity contribution in [3.05, 3.63) is 65.0 Å². The number of aromatic nitrogens is 1. The molecule has 9 heteroatoms. The van der Waals surface area contributed by atoms with Crippen LogP contribution in [-0.4, -0.2) is 43.0 Å². The SMILES string of the molecule is COc1cc(C(=O)c2c(C)c(C(=O)O)c3ccccn23)ccc1NS(C)(=O)=O. The number of hydrogen-bond acceptors (Lipinski definition) is 5. The minimum absolute atomic E-state index is 0.0614. The topological polar surface area (TPSA) is 114 Å². The van der Waals surface area contributed by atoms with Crippen molar-refractivity contribution >= 4 is 33.0 Å². The van der Waals surface area contributed by atoms with Crippen molar-refractivity contribution in [3.63, 3.8) is 0 Å². The van der Waals surface area contributed by atoms with Gasteiger partial charge in [0.2, 0.25) is 15.8 Å². The molecular weight excluding hydrogens is 384 g/mol. The number of benzene rings is 1. The molecular formula is C19H18N2O6S. The van der Waals surface area contributed by atoms with Gasteiger partial charge in [-0.3, -0.25) is 9.52 Å². The number of carboxylic acid groups (broad SMARTS) is 1. The Morgan fingerprint density at radius 1 is 1.18 bits per heavy atom. The van der Waals surface area contributed by atoms with Crippen LogP contribution in [0.4, 0.5) is 5.69 Å². The van der Waals surface area contributed by atoms with Gasteiger partial charge < -0.3 is 14.2 Å². The molecule has 0 aliphatic carbocycles. The summed E-state index contributed by atoms with van der Waals surface area (Å²) in [5, 5.41) is 9.55. The van der Waals surface area contributed by atoms with Crippen LogP contribution in [0.25, 0.3) is 5.52 Å². The number of nitrogens with zero attached hydrogens (tertiary/aromatic N) is 1. The van der Waals surface area contributed by atoms with E-state index >= 15 is 0 Å². The number of carboxylic acids is 1. The first-order chi connectivity index (χ1) is 13.1. The quantitative estimate of drug-likeness (QED) is 0.613. The third kappa shape index (κ3) is 3.44. The maximum atomic E-state index is 13.2. The normalized spacial score (nSPS) is 11.4. The molecule has 3 aromatic rings. The lowest BCUT2D eigenvalue weighted by Gasteiger charge is -2.11. The number of anilines is 1. The van der Waals surface area contributed by atoms with E-state index < -0.39 is 21.8 Å². The molecule has 0 aliphatic rings. The van der Waals surface area contributed by atoms with E-state index in [2.05, 4.69) is 4.72 Å². The second-order valence-corrected chi connectivity index (χ2v) is 7.98. The van der Waals surface area contributed by atoms with Crippen LogP contribution in [0.3, 0.4) is 0 Å². The fourth-order valence-electron chi connectivity index (χ4n) is 3.14. The number of ketones is 1.